The van der Waals surface area contributed by atoms with E-state index in [1.54, 1.807) is 0 Å². The Labute approximate surface area is 128 Å². The first-order chi connectivity index (χ1) is 9.71. The van der Waals surface area contributed by atoms with Gasteiger partial charge in [0, 0.05) is 17.7 Å². The van der Waals surface area contributed by atoms with Crippen LogP contribution in [-0.2, 0) is 11.2 Å². The van der Waals surface area contributed by atoms with Gasteiger partial charge in [-0.05, 0) is 50.4 Å². The molecule has 3 heteroatoms. The fourth-order valence-corrected chi connectivity index (χ4v) is 2.56. The van der Waals surface area contributed by atoms with Crippen molar-refractivity contribution in [2.75, 3.05) is 13.2 Å². The van der Waals surface area contributed by atoms with Crippen molar-refractivity contribution in [2.45, 2.75) is 58.6 Å². The van der Waals surface area contributed by atoms with Crippen molar-refractivity contribution in [1.82, 2.24) is 5.32 Å². The van der Waals surface area contributed by atoms with Gasteiger partial charge in [0.15, 0.2) is 0 Å². The van der Waals surface area contributed by atoms with E-state index in [0.29, 0.717) is 6.04 Å². The Morgan fingerprint density at radius 2 is 1.80 bits per heavy atom. The van der Waals surface area contributed by atoms with Gasteiger partial charge >= 0.3 is 0 Å². The van der Waals surface area contributed by atoms with Gasteiger partial charge in [0.1, 0.15) is 0 Å². The van der Waals surface area contributed by atoms with Crippen molar-refractivity contribution in [3.8, 4) is 0 Å². The minimum absolute atomic E-state index is 0.284. The number of halogens is 1. The van der Waals surface area contributed by atoms with E-state index in [0.717, 1.165) is 43.9 Å². The van der Waals surface area contributed by atoms with Gasteiger partial charge in [-0.25, -0.2) is 0 Å². The van der Waals surface area contributed by atoms with Crippen molar-refractivity contribution in [1.29, 1.82) is 0 Å². The highest BCUT2D eigenvalue weighted by atomic mass is 35.5. The fraction of sp³-hybridized carbons (Fsp3) is 0.647. The lowest BCUT2D eigenvalue weighted by Gasteiger charge is -2.28. The van der Waals surface area contributed by atoms with Crippen LogP contribution in [0.5, 0.6) is 0 Å². The monoisotopic (exact) mass is 297 g/mol. The van der Waals surface area contributed by atoms with E-state index in [2.05, 4.69) is 38.2 Å². The van der Waals surface area contributed by atoms with E-state index in [4.69, 9.17) is 16.3 Å². The Kier molecular flexibility index (Phi) is 8.92. The van der Waals surface area contributed by atoms with Crippen LogP contribution in [0, 0.1) is 0 Å². The van der Waals surface area contributed by atoms with E-state index in [1.165, 1.54) is 5.56 Å². The first-order valence-corrected chi connectivity index (χ1v) is 8.18. The summed E-state index contributed by atoms with van der Waals surface area (Å²) in [4.78, 5) is 0. The SMILES string of the molecule is CCCNC(Cc1ccc(Cl)cc1)C(CCC)OCC. The highest BCUT2D eigenvalue weighted by Gasteiger charge is 2.20. The molecule has 0 aromatic heterocycles. The first-order valence-electron chi connectivity index (χ1n) is 7.80. The van der Waals surface area contributed by atoms with Crippen LogP contribution in [0.25, 0.3) is 0 Å². The third-order valence-corrected chi connectivity index (χ3v) is 3.68. The van der Waals surface area contributed by atoms with Crippen LogP contribution in [0.4, 0.5) is 0 Å². The maximum absolute atomic E-state index is 5.95. The molecule has 0 amide bonds. The maximum Gasteiger partial charge on any atom is 0.0731 e. The minimum Gasteiger partial charge on any atom is -0.377 e. The average Bonchev–Trinajstić information content (AvgIpc) is 2.45. The van der Waals surface area contributed by atoms with Crippen LogP contribution >= 0.6 is 11.6 Å². The van der Waals surface area contributed by atoms with Gasteiger partial charge in [0.05, 0.1) is 6.10 Å². The number of nitrogens with one attached hydrogen (secondary N) is 1. The van der Waals surface area contributed by atoms with Crippen LogP contribution in [-0.4, -0.2) is 25.3 Å². The van der Waals surface area contributed by atoms with E-state index in [-0.39, 0.29) is 6.10 Å². The van der Waals surface area contributed by atoms with Crippen molar-refractivity contribution in [3.63, 3.8) is 0 Å². The number of rotatable bonds is 10. The molecular formula is C17H28ClNO. The van der Waals surface area contributed by atoms with Gasteiger partial charge in [-0.3, -0.25) is 0 Å². The molecule has 1 aromatic carbocycles. The third kappa shape index (κ3) is 6.25. The molecule has 0 radical (unpaired) electrons. The molecule has 2 atom stereocenters. The summed E-state index contributed by atoms with van der Waals surface area (Å²) in [5, 5.41) is 4.44. The molecular weight excluding hydrogens is 270 g/mol. The van der Waals surface area contributed by atoms with Crippen LogP contribution in [0.2, 0.25) is 5.02 Å². The molecule has 0 aliphatic carbocycles. The Morgan fingerprint density at radius 1 is 1.10 bits per heavy atom. The molecule has 1 rings (SSSR count). The molecule has 1 aromatic rings. The van der Waals surface area contributed by atoms with Crippen LogP contribution < -0.4 is 5.32 Å². The van der Waals surface area contributed by atoms with Crippen molar-refractivity contribution in [3.05, 3.63) is 34.9 Å². The summed E-state index contributed by atoms with van der Waals surface area (Å²) in [5.41, 5.74) is 1.31. The molecule has 0 saturated carbocycles. The van der Waals surface area contributed by atoms with Crippen LogP contribution in [0.1, 0.15) is 45.6 Å². The molecule has 20 heavy (non-hydrogen) atoms. The molecule has 114 valence electrons. The maximum atomic E-state index is 5.95. The molecule has 0 bridgehead atoms. The highest BCUT2D eigenvalue weighted by molar-refractivity contribution is 6.30. The molecule has 0 fully saturated rings. The number of hydrogen-bond acceptors (Lipinski definition) is 2. The lowest BCUT2D eigenvalue weighted by atomic mass is 9.98. The summed E-state index contributed by atoms with van der Waals surface area (Å²) in [5.74, 6) is 0. The zero-order valence-electron chi connectivity index (χ0n) is 13.0. The van der Waals surface area contributed by atoms with Crippen molar-refractivity contribution in [2.24, 2.45) is 0 Å². The Morgan fingerprint density at radius 3 is 2.35 bits per heavy atom. The molecule has 0 heterocycles. The van der Waals surface area contributed by atoms with Gasteiger partial charge in [-0.15, -0.1) is 0 Å². The van der Waals surface area contributed by atoms with Gasteiger partial charge in [0.25, 0.3) is 0 Å². The summed E-state index contributed by atoms with van der Waals surface area (Å²) >= 11 is 5.95. The topological polar surface area (TPSA) is 21.3 Å². The van der Waals surface area contributed by atoms with E-state index < -0.39 is 0 Å². The van der Waals surface area contributed by atoms with Crippen LogP contribution in [0.3, 0.4) is 0 Å². The molecule has 0 spiro atoms. The smallest absolute Gasteiger partial charge is 0.0731 e. The molecule has 0 aliphatic heterocycles. The Balaban J connectivity index is 2.72. The van der Waals surface area contributed by atoms with Gasteiger partial charge < -0.3 is 10.1 Å². The second kappa shape index (κ2) is 10.2. The predicted molar refractivity (Wildman–Crippen MR) is 87.6 cm³/mol. The lowest BCUT2D eigenvalue weighted by molar-refractivity contribution is 0.0282. The minimum atomic E-state index is 0.284. The van der Waals surface area contributed by atoms with Gasteiger partial charge in [-0.1, -0.05) is 44.0 Å². The molecule has 0 aliphatic rings. The quantitative estimate of drug-likeness (QED) is 0.688. The Bertz CT molecular complexity index is 347. The van der Waals surface area contributed by atoms with Gasteiger partial charge in [0.2, 0.25) is 0 Å². The van der Waals surface area contributed by atoms with E-state index >= 15 is 0 Å². The molecule has 2 nitrogen and oxygen atoms in total. The summed E-state index contributed by atoms with van der Waals surface area (Å²) in [6, 6.07) is 8.51. The van der Waals surface area contributed by atoms with E-state index in [1.807, 2.05) is 12.1 Å². The standard InChI is InChI=1S/C17H28ClNO/c1-4-7-17(20-6-3)16(19-12-5-2)13-14-8-10-15(18)11-9-14/h8-11,16-17,19H,4-7,12-13H2,1-3H3. The lowest BCUT2D eigenvalue weighted by Crippen LogP contribution is -2.43. The van der Waals surface area contributed by atoms with Crippen LogP contribution in [0.15, 0.2) is 24.3 Å². The summed E-state index contributed by atoms with van der Waals surface area (Å²) < 4.78 is 5.95. The molecule has 1 N–H and O–H groups in total. The summed E-state index contributed by atoms with van der Waals surface area (Å²) in [6.07, 6.45) is 4.66. The molecule has 2 unspecified atom stereocenters. The average molecular weight is 298 g/mol. The van der Waals surface area contributed by atoms with Gasteiger partial charge in [-0.2, -0.15) is 0 Å². The number of benzene rings is 1. The highest BCUT2D eigenvalue weighted by Crippen LogP contribution is 2.16. The largest absolute Gasteiger partial charge is 0.377 e. The predicted octanol–water partition coefficient (Wildman–Crippen LogP) is 4.46. The zero-order chi connectivity index (χ0) is 14.8. The van der Waals surface area contributed by atoms with E-state index in [9.17, 15) is 0 Å². The molecule has 0 saturated heterocycles. The first kappa shape index (κ1) is 17.5. The van der Waals surface area contributed by atoms with Crippen molar-refractivity contribution >= 4 is 11.6 Å². The number of ether oxygens (including phenoxy) is 1. The van der Waals surface area contributed by atoms with Crippen molar-refractivity contribution < 1.29 is 4.74 Å². The normalized spacial score (nSPS) is 14.2. The Hall–Kier alpha value is -0.570. The zero-order valence-corrected chi connectivity index (χ0v) is 13.7. The summed E-state index contributed by atoms with van der Waals surface area (Å²) in [7, 11) is 0. The third-order valence-electron chi connectivity index (χ3n) is 3.43. The second-order valence-corrected chi connectivity index (χ2v) is 5.61. The number of hydrogen-bond donors (Lipinski definition) is 1. The fourth-order valence-electron chi connectivity index (χ4n) is 2.44. The summed E-state index contributed by atoms with van der Waals surface area (Å²) in [6.45, 7) is 8.29. The second-order valence-electron chi connectivity index (χ2n) is 5.17.